The lowest BCUT2D eigenvalue weighted by Gasteiger charge is -2.34. The van der Waals surface area contributed by atoms with E-state index in [0.29, 0.717) is 26.1 Å². The molecule has 7 heteroatoms. The lowest BCUT2D eigenvalue weighted by molar-refractivity contribution is -0.188. The van der Waals surface area contributed by atoms with E-state index in [4.69, 9.17) is 5.11 Å². The monoisotopic (exact) mass is 294 g/mol. The average Bonchev–Trinajstić information content (AvgIpc) is 2.38. The van der Waals surface area contributed by atoms with Crippen molar-refractivity contribution in [2.75, 3.05) is 39.3 Å². The molecular weight excluding hydrogens is 273 g/mol. The number of carbonyl (C=O) groups excluding carboxylic acids is 1. The molecule has 1 N–H and O–H groups in total. The van der Waals surface area contributed by atoms with Gasteiger partial charge in [0, 0.05) is 26.2 Å². The Hall–Kier alpha value is -1.08. The Labute approximate surface area is 116 Å². The van der Waals surface area contributed by atoms with Crippen LogP contribution in [0.15, 0.2) is 12.7 Å². The van der Waals surface area contributed by atoms with Gasteiger partial charge in [0.05, 0.1) is 19.1 Å². The van der Waals surface area contributed by atoms with Gasteiger partial charge < -0.3 is 10.0 Å². The minimum atomic E-state index is -4.25. The minimum absolute atomic E-state index is 0.0111. The highest BCUT2D eigenvalue weighted by molar-refractivity contribution is 5.78. The van der Waals surface area contributed by atoms with Gasteiger partial charge in [-0.15, -0.1) is 6.58 Å². The fourth-order valence-corrected chi connectivity index (χ4v) is 2.32. The van der Waals surface area contributed by atoms with Crippen molar-refractivity contribution in [3.8, 4) is 0 Å². The SMILES string of the molecule is C=CCN(CCO)CC(=O)N1CCCC(C(F)(F)F)C1. The molecule has 0 aromatic heterocycles. The first-order valence-electron chi connectivity index (χ1n) is 6.67. The van der Waals surface area contributed by atoms with E-state index in [1.807, 2.05) is 0 Å². The Morgan fingerprint density at radius 3 is 2.75 bits per heavy atom. The summed E-state index contributed by atoms with van der Waals surface area (Å²) in [6.45, 7) is 4.28. The first-order valence-corrected chi connectivity index (χ1v) is 6.67. The first-order chi connectivity index (χ1) is 9.38. The third kappa shape index (κ3) is 5.13. The summed E-state index contributed by atoms with van der Waals surface area (Å²) < 4.78 is 38.1. The van der Waals surface area contributed by atoms with Gasteiger partial charge in [0.15, 0.2) is 0 Å². The Balaban J connectivity index is 2.55. The molecule has 1 aliphatic heterocycles. The van der Waals surface area contributed by atoms with Gasteiger partial charge in [0.1, 0.15) is 0 Å². The first kappa shape index (κ1) is 17.0. The summed E-state index contributed by atoms with van der Waals surface area (Å²) in [4.78, 5) is 15.0. The van der Waals surface area contributed by atoms with E-state index in [9.17, 15) is 18.0 Å². The normalized spacial score (nSPS) is 20.2. The number of carbonyl (C=O) groups is 1. The van der Waals surface area contributed by atoms with Gasteiger partial charge in [-0.3, -0.25) is 9.69 Å². The summed E-state index contributed by atoms with van der Waals surface area (Å²) >= 11 is 0. The van der Waals surface area contributed by atoms with Crippen LogP contribution in [0.5, 0.6) is 0 Å². The minimum Gasteiger partial charge on any atom is -0.395 e. The average molecular weight is 294 g/mol. The van der Waals surface area contributed by atoms with Crippen molar-refractivity contribution < 1.29 is 23.1 Å². The second-order valence-corrected chi connectivity index (χ2v) is 4.97. The number of alkyl halides is 3. The number of hydrogen-bond donors (Lipinski definition) is 1. The van der Waals surface area contributed by atoms with Gasteiger partial charge in [-0.25, -0.2) is 0 Å². The molecule has 0 saturated carbocycles. The van der Waals surface area contributed by atoms with Crippen LogP contribution in [0.3, 0.4) is 0 Å². The Bertz CT molecular complexity index is 334. The van der Waals surface area contributed by atoms with Crippen LogP contribution < -0.4 is 0 Å². The van der Waals surface area contributed by atoms with E-state index in [2.05, 4.69) is 6.58 Å². The quantitative estimate of drug-likeness (QED) is 0.750. The molecule has 1 heterocycles. The molecule has 0 radical (unpaired) electrons. The summed E-state index contributed by atoms with van der Waals surface area (Å²) in [5, 5.41) is 8.89. The zero-order valence-corrected chi connectivity index (χ0v) is 11.4. The standard InChI is InChI=1S/C13H21F3N2O2/c1-2-5-17(7-8-19)10-12(20)18-6-3-4-11(9-18)13(14,15)16/h2,11,19H,1,3-10H2. The van der Waals surface area contributed by atoms with Crippen molar-refractivity contribution in [2.24, 2.45) is 5.92 Å². The molecule has 1 aliphatic rings. The number of aliphatic hydroxyl groups is 1. The second kappa shape index (κ2) is 7.64. The molecule has 1 rings (SSSR count). The zero-order valence-electron chi connectivity index (χ0n) is 11.4. The summed E-state index contributed by atoms with van der Waals surface area (Å²) in [6, 6.07) is 0. The zero-order chi connectivity index (χ0) is 15.2. The van der Waals surface area contributed by atoms with Crippen LogP contribution in [0.4, 0.5) is 13.2 Å². The maximum absolute atomic E-state index is 12.7. The molecule has 1 amide bonds. The van der Waals surface area contributed by atoms with E-state index in [0.717, 1.165) is 0 Å². The number of rotatable bonds is 6. The third-order valence-corrected chi connectivity index (χ3v) is 3.40. The number of piperidine rings is 1. The van der Waals surface area contributed by atoms with Crippen LogP contribution in [0.2, 0.25) is 0 Å². The van der Waals surface area contributed by atoms with Crippen molar-refractivity contribution in [3.05, 3.63) is 12.7 Å². The van der Waals surface area contributed by atoms with Crippen molar-refractivity contribution in [1.82, 2.24) is 9.80 Å². The van der Waals surface area contributed by atoms with Gasteiger partial charge in [-0.2, -0.15) is 13.2 Å². The molecule has 0 spiro atoms. The van der Waals surface area contributed by atoms with Gasteiger partial charge >= 0.3 is 6.18 Å². The molecule has 1 fully saturated rings. The van der Waals surface area contributed by atoms with Crippen molar-refractivity contribution in [1.29, 1.82) is 0 Å². The van der Waals surface area contributed by atoms with Gasteiger partial charge in [0.2, 0.25) is 5.91 Å². The molecule has 0 aromatic carbocycles. The van der Waals surface area contributed by atoms with E-state index >= 15 is 0 Å². The highest BCUT2D eigenvalue weighted by Crippen LogP contribution is 2.33. The van der Waals surface area contributed by atoms with Gasteiger partial charge in [0.25, 0.3) is 0 Å². The number of aliphatic hydroxyl groups excluding tert-OH is 1. The van der Waals surface area contributed by atoms with Crippen LogP contribution >= 0.6 is 0 Å². The maximum Gasteiger partial charge on any atom is 0.393 e. The van der Waals surface area contributed by atoms with E-state index < -0.39 is 12.1 Å². The molecule has 0 aromatic rings. The van der Waals surface area contributed by atoms with Crippen LogP contribution in [-0.4, -0.2) is 66.3 Å². The smallest absolute Gasteiger partial charge is 0.393 e. The third-order valence-electron chi connectivity index (χ3n) is 3.40. The van der Waals surface area contributed by atoms with Gasteiger partial charge in [-0.05, 0) is 12.8 Å². The van der Waals surface area contributed by atoms with Crippen molar-refractivity contribution in [3.63, 3.8) is 0 Å². The number of hydrogen-bond acceptors (Lipinski definition) is 3. The Morgan fingerprint density at radius 1 is 1.50 bits per heavy atom. The molecule has 0 bridgehead atoms. The Morgan fingerprint density at radius 2 is 2.20 bits per heavy atom. The van der Waals surface area contributed by atoms with E-state index in [1.165, 1.54) is 4.90 Å². The lowest BCUT2D eigenvalue weighted by Crippen LogP contribution is -2.48. The number of likely N-dealkylation sites (tertiary alicyclic amines) is 1. The predicted octanol–water partition coefficient (Wildman–Crippen LogP) is 1.27. The molecule has 0 aliphatic carbocycles. The second-order valence-electron chi connectivity index (χ2n) is 4.97. The molecule has 1 unspecified atom stereocenters. The topological polar surface area (TPSA) is 43.8 Å². The maximum atomic E-state index is 12.7. The van der Waals surface area contributed by atoms with Gasteiger partial charge in [-0.1, -0.05) is 6.08 Å². The summed E-state index contributed by atoms with van der Waals surface area (Å²) in [6.07, 6.45) is -2.19. The largest absolute Gasteiger partial charge is 0.395 e. The fraction of sp³-hybridized carbons (Fsp3) is 0.769. The molecule has 1 saturated heterocycles. The van der Waals surface area contributed by atoms with Crippen molar-refractivity contribution in [2.45, 2.75) is 19.0 Å². The molecule has 1 atom stereocenters. The molecule has 4 nitrogen and oxygen atoms in total. The molecular formula is C13H21F3N2O2. The summed E-state index contributed by atoms with van der Waals surface area (Å²) in [5.74, 6) is -1.75. The molecule has 116 valence electrons. The van der Waals surface area contributed by atoms with E-state index in [-0.39, 0.29) is 32.0 Å². The van der Waals surface area contributed by atoms with Crippen LogP contribution in [0.25, 0.3) is 0 Å². The lowest BCUT2D eigenvalue weighted by atomic mass is 9.97. The molecule has 20 heavy (non-hydrogen) atoms. The van der Waals surface area contributed by atoms with E-state index in [1.54, 1.807) is 11.0 Å². The Kier molecular flexibility index (Phi) is 6.48. The fourth-order valence-electron chi connectivity index (χ4n) is 2.32. The highest BCUT2D eigenvalue weighted by atomic mass is 19.4. The summed E-state index contributed by atoms with van der Waals surface area (Å²) in [7, 11) is 0. The highest BCUT2D eigenvalue weighted by Gasteiger charge is 2.42. The van der Waals surface area contributed by atoms with Crippen LogP contribution in [0, 0.1) is 5.92 Å². The van der Waals surface area contributed by atoms with Crippen LogP contribution in [-0.2, 0) is 4.79 Å². The summed E-state index contributed by atoms with van der Waals surface area (Å²) in [5.41, 5.74) is 0. The number of halogens is 3. The predicted molar refractivity (Wildman–Crippen MR) is 69.1 cm³/mol. The number of nitrogens with zero attached hydrogens (tertiary/aromatic N) is 2. The van der Waals surface area contributed by atoms with Crippen molar-refractivity contribution >= 4 is 5.91 Å². The van der Waals surface area contributed by atoms with Crippen LogP contribution in [0.1, 0.15) is 12.8 Å². The number of amides is 1.